The molecule has 6 heteroatoms. The number of ether oxygens (including phenoxy) is 2. The highest BCUT2D eigenvalue weighted by molar-refractivity contribution is 7.09. The number of methoxy groups -OCH3 is 1. The molecule has 0 aliphatic heterocycles. The van der Waals surface area contributed by atoms with Gasteiger partial charge in [0.1, 0.15) is 23.1 Å². The molecule has 0 atom stereocenters. The standard InChI is InChI=1S/C21H22N2O3S/c1-25-19-9-5-6-16(12-19)10-11-22-20(24)13-17-15-27-21(23-17)14-26-18-7-3-2-4-8-18/h2-9,12,15H,10-11,13-14H2,1H3,(H,22,24). The molecule has 0 unspecified atom stereocenters. The lowest BCUT2D eigenvalue weighted by atomic mass is 10.1. The zero-order valence-electron chi connectivity index (χ0n) is 15.2. The van der Waals surface area contributed by atoms with E-state index in [1.54, 1.807) is 7.11 Å². The average molecular weight is 382 g/mol. The van der Waals surface area contributed by atoms with Gasteiger partial charge < -0.3 is 14.8 Å². The van der Waals surface area contributed by atoms with Gasteiger partial charge in [-0.2, -0.15) is 0 Å². The highest BCUT2D eigenvalue weighted by Gasteiger charge is 2.08. The summed E-state index contributed by atoms with van der Waals surface area (Å²) in [7, 11) is 1.65. The fourth-order valence-electron chi connectivity index (χ4n) is 2.56. The minimum absolute atomic E-state index is 0.0290. The van der Waals surface area contributed by atoms with Crippen LogP contribution in [-0.4, -0.2) is 24.5 Å². The molecule has 3 aromatic rings. The monoisotopic (exact) mass is 382 g/mol. The van der Waals surface area contributed by atoms with Crippen molar-refractivity contribution in [1.29, 1.82) is 0 Å². The van der Waals surface area contributed by atoms with Crippen molar-refractivity contribution in [2.45, 2.75) is 19.4 Å². The number of aromatic nitrogens is 1. The number of benzene rings is 2. The highest BCUT2D eigenvalue weighted by atomic mass is 32.1. The Morgan fingerprint density at radius 2 is 1.93 bits per heavy atom. The third-order valence-corrected chi connectivity index (χ3v) is 4.79. The van der Waals surface area contributed by atoms with E-state index < -0.39 is 0 Å². The van der Waals surface area contributed by atoms with E-state index in [1.807, 2.05) is 60.0 Å². The highest BCUT2D eigenvalue weighted by Crippen LogP contribution is 2.15. The minimum atomic E-state index is -0.0290. The number of thiazole rings is 1. The first-order valence-electron chi connectivity index (χ1n) is 8.73. The molecular weight excluding hydrogens is 360 g/mol. The summed E-state index contributed by atoms with van der Waals surface area (Å²) >= 11 is 1.51. The summed E-state index contributed by atoms with van der Waals surface area (Å²) in [4.78, 5) is 16.6. The van der Waals surface area contributed by atoms with Crippen LogP contribution >= 0.6 is 11.3 Å². The van der Waals surface area contributed by atoms with Crippen molar-refractivity contribution in [3.63, 3.8) is 0 Å². The molecule has 1 aromatic heterocycles. The van der Waals surface area contributed by atoms with Gasteiger partial charge >= 0.3 is 0 Å². The van der Waals surface area contributed by atoms with Gasteiger partial charge in [0.05, 0.1) is 19.2 Å². The second-order valence-corrected chi connectivity index (χ2v) is 6.91. The Balaban J connectivity index is 1.41. The third kappa shape index (κ3) is 6.11. The summed E-state index contributed by atoms with van der Waals surface area (Å²) < 4.78 is 10.9. The number of amides is 1. The Hall–Kier alpha value is -2.86. The van der Waals surface area contributed by atoms with Gasteiger partial charge in [0, 0.05) is 11.9 Å². The van der Waals surface area contributed by atoms with Crippen LogP contribution in [0, 0.1) is 0 Å². The molecule has 0 saturated carbocycles. The number of carbonyl (C=O) groups is 1. The van der Waals surface area contributed by atoms with Crippen molar-refractivity contribution in [2.24, 2.45) is 0 Å². The molecule has 0 spiro atoms. The van der Waals surface area contributed by atoms with Gasteiger partial charge in [-0.05, 0) is 36.2 Å². The van der Waals surface area contributed by atoms with E-state index in [4.69, 9.17) is 9.47 Å². The second-order valence-electron chi connectivity index (χ2n) is 5.96. The fraction of sp³-hybridized carbons (Fsp3) is 0.238. The topological polar surface area (TPSA) is 60.5 Å². The Morgan fingerprint density at radius 1 is 1.11 bits per heavy atom. The number of rotatable bonds is 9. The van der Waals surface area contributed by atoms with Crippen molar-refractivity contribution in [1.82, 2.24) is 10.3 Å². The first-order chi connectivity index (χ1) is 13.2. The molecule has 5 nitrogen and oxygen atoms in total. The second kappa shape index (κ2) is 9.73. The van der Waals surface area contributed by atoms with Gasteiger partial charge in [-0.15, -0.1) is 11.3 Å². The zero-order valence-corrected chi connectivity index (χ0v) is 16.0. The van der Waals surface area contributed by atoms with Crippen LogP contribution in [0.3, 0.4) is 0 Å². The maximum Gasteiger partial charge on any atom is 0.226 e. The van der Waals surface area contributed by atoms with Crippen LogP contribution in [0.1, 0.15) is 16.3 Å². The van der Waals surface area contributed by atoms with Crippen LogP contribution < -0.4 is 14.8 Å². The fourth-order valence-corrected chi connectivity index (χ4v) is 3.26. The molecule has 0 fully saturated rings. The molecule has 1 amide bonds. The zero-order chi connectivity index (χ0) is 18.9. The molecule has 0 radical (unpaired) electrons. The van der Waals surface area contributed by atoms with Crippen LogP contribution in [-0.2, 0) is 24.2 Å². The normalized spacial score (nSPS) is 10.4. The van der Waals surface area contributed by atoms with E-state index in [0.717, 1.165) is 34.2 Å². The van der Waals surface area contributed by atoms with Crippen molar-refractivity contribution < 1.29 is 14.3 Å². The lowest BCUT2D eigenvalue weighted by molar-refractivity contribution is -0.120. The SMILES string of the molecule is COc1cccc(CCNC(=O)Cc2csc(COc3ccccc3)n2)c1. The van der Waals surface area contributed by atoms with Crippen molar-refractivity contribution in [3.05, 3.63) is 76.2 Å². The van der Waals surface area contributed by atoms with Crippen molar-refractivity contribution in [3.8, 4) is 11.5 Å². The van der Waals surface area contributed by atoms with Gasteiger partial charge in [-0.1, -0.05) is 30.3 Å². The number of hydrogen-bond donors (Lipinski definition) is 1. The van der Waals surface area contributed by atoms with Crippen LogP contribution in [0.5, 0.6) is 11.5 Å². The van der Waals surface area contributed by atoms with Crippen LogP contribution in [0.4, 0.5) is 0 Å². The number of para-hydroxylation sites is 1. The Labute approximate surface area is 163 Å². The van der Waals surface area contributed by atoms with Crippen molar-refractivity contribution in [2.75, 3.05) is 13.7 Å². The smallest absolute Gasteiger partial charge is 0.226 e. The number of hydrogen-bond acceptors (Lipinski definition) is 5. The van der Waals surface area contributed by atoms with Crippen LogP contribution in [0.15, 0.2) is 60.0 Å². The van der Waals surface area contributed by atoms with Gasteiger partial charge in [0.15, 0.2) is 0 Å². The summed E-state index contributed by atoms with van der Waals surface area (Å²) in [6, 6.07) is 17.5. The van der Waals surface area contributed by atoms with E-state index in [1.165, 1.54) is 11.3 Å². The third-order valence-electron chi connectivity index (χ3n) is 3.92. The molecule has 27 heavy (non-hydrogen) atoms. The summed E-state index contributed by atoms with van der Waals surface area (Å²) in [5.74, 6) is 1.61. The largest absolute Gasteiger partial charge is 0.497 e. The van der Waals surface area contributed by atoms with Crippen LogP contribution in [0.2, 0.25) is 0 Å². The maximum absolute atomic E-state index is 12.1. The average Bonchev–Trinajstić information content (AvgIpc) is 3.14. The van der Waals surface area contributed by atoms with Gasteiger partial charge in [-0.25, -0.2) is 4.98 Å². The predicted octanol–water partition coefficient (Wildman–Crippen LogP) is 3.63. The number of carbonyl (C=O) groups excluding carboxylic acids is 1. The molecule has 0 aliphatic rings. The maximum atomic E-state index is 12.1. The molecule has 1 heterocycles. The Kier molecular flexibility index (Phi) is 6.82. The van der Waals surface area contributed by atoms with Crippen LogP contribution in [0.25, 0.3) is 0 Å². The van der Waals surface area contributed by atoms with Gasteiger partial charge in [-0.3, -0.25) is 4.79 Å². The Bertz CT molecular complexity index is 865. The van der Waals surface area contributed by atoms with E-state index in [0.29, 0.717) is 13.2 Å². The number of nitrogens with zero attached hydrogens (tertiary/aromatic N) is 1. The predicted molar refractivity (Wildman–Crippen MR) is 106 cm³/mol. The molecule has 0 bridgehead atoms. The lowest BCUT2D eigenvalue weighted by Gasteiger charge is -2.06. The molecule has 140 valence electrons. The minimum Gasteiger partial charge on any atom is -0.497 e. The van der Waals surface area contributed by atoms with E-state index >= 15 is 0 Å². The summed E-state index contributed by atoms with van der Waals surface area (Å²) in [6.45, 7) is 0.992. The molecule has 2 aromatic carbocycles. The molecule has 3 rings (SSSR count). The molecule has 1 N–H and O–H groups in total. The molecular formula is C21H22N2O3S. The number of nitrogens with one attached hydrogen (secondary N) is 1. The first-order valence-corrected chi connectivity index (χ1v) is 9.61. The van der Waals surface area contributed by atoms with Crippen molar-refractivity contribution >= 4 is 17.2 Å². The van der Waals surface area contributed by atoms with E-state index in [9.17, 15) is 4.79 Å². The van der Waals surface area contributed by atoms with Gasteiger partial charge in [0.2, 0.25) is 5.91 Å². The lowest BCUT2D eigenvalue weighted by Crippen LogP contribution is -2.27. The van der Waals surface area contributed by atoms with E-state index in [2.05, 4.69) is 10.3 Å². The summed E-state index contributed by atoms with van der Waals surface area (Å²) in [5, 5.41) is 5.71. The summed E-state index contributed by atoms with van der Waals surface area (Å²) in [6.07, 6.45) is 1.04. The molecule has 0 saturated heterocycles. The van der Waals surface area contributed by atoms with E-state index in [-0.39, 0.29) is 12.3 Å². The molecule has 0 aliphatic carbocycles. The Morgan fingerprint density at radius 3 is 2.74 bits per heavy atom. The quantitative estimate of drug-likeness (QED) is 0.614. The van der Waals surface area contributed by atoms with Gasteiger partial charge in [0.25, 0.3) is 0 Å². The summed E-state index contributed by atoms with van der Waals surface area (Å²) in [5.41, 5.74) is 1.90. The first kappa shape index (κ1) is 18.9.